The van der Waals surface area contributed by atoms with E-state index < -0.39 is 11.9 Å². The summed E-state index contributed by atoms with van der Waals surface area (Å²) in [4.78, 5) is 66.6. The molecule has 11 heteroatoms. The van der Waals surface area contributed by atoms with Gasteiger partial charge in [-0.3, -0.25) is 19.2 Å². The van der Waals surface area contributed by atoms with Crippen LogP contribution in [0.3, 0.4) is 0 Å². The first-order valence-electron chi connectivity index (χ1n) is 8.66. The molecule has 0 aliphatic heterocycles. The van der Waals surface area contributed by atoms with E-state index in [1.165, 1.54) is 7.11 Å². The number of methoxy groups -OCH3 is 1. The Morgan fingerprint density at radius 1 is 0.786 bits per heavy atom. The molecule has 0 unspecified atom stereocenters. The van der Waals surface area contributed by atoms with Gasteiger partial charge in [0.15, 0.2) is 0 Å². The second kappa shape index (κ2) is 16.0. The molecular weight excluding hydrogens is 372 g/mol. The van der Waals surface area contributed by atoms with Crippen molar-refractivity contribution in [1.82, 2.24) is 21.3 Å². The molecule has 4 N–H and O–H groups in total. The molecule has 11 nitrogen and oxygen atoms in total. The number of amides is 4. The highest BCUT2D eigenvalue weighted by atomic mass is 16.5. The predicted molar refractivity (Wildman–Crippen MR) is 97.7 cm³/mol. The number of rotatable bonds is 14. The van der Waals surface area contributed by atoms with Crippen molar-refractivity contribution in [2.24, 2.45) is 0 Å². The molecule has 0 fully saturated rings. The van der Waals surface area contributed by atoms with Crippen LogP contribution in [0.25, 0.3) is 0 Å². The van der Waals surface area contributed by atoms with E-state index in [1.807, 2.05) is 0 Å². The lowest BCUT2D eigenvalue weighted by Crippen LogP contribution is -2.37. The molecule has 0 aromatic rings. The molecule has 0 saturated carbocycles. The number of nitrogens with one attached hydrogen (secondary N) is 4. The number of carbonyl (C=O) groups is 6. The highest BCUT2D eigenvalue weighted by molar-refractivity contribution is 5.94. The molecule has 0 radical (unpaired) electrons. The van der Waals surface area contributed by atoms with E-state index >= 15 is 0 Å². The Balaban J connectivity index is 3.70. The summed E-state index contributed by atoms with van der Waals surface area (Å²) < 4.78 is 4.34. The molecule has 0 aliphatic carbocycles. The van der Waals surface area contributed by atoms with Gasteiger partial charge in [0.1, 0.15) is 6.29 Å². The summed E-state index contributed by atoms with van der Waals surface area (Å²) in [5.74, 6) is -2.13. The molecule has 0 aromatic carbocycles. The van der Waals surface area contributed by atoms with Crippen LogP contribution in [0, 0.1) is 0 Å². The van der Waals surface area contributed by atoms with Gasteiger partial charge in [-0.2, -0.15) is 0 Å². The Kier molecular flexibility index (Phi) is 14.1. The molecule has 0 spiro atoms. The molecule has 0 bridgehead atoms. The maximum atomic E-state index is 11.6. The number of hydrogen-bond acceptors (Lipinski definition) is 7. The minimum absolute atomic E-state index is 0.0366. The number of carbonyl (C=O) groups excluding carboxylic acids is 6. The third-order valence-corrected chi connectivity index (χ3v) is 3.18. The van der Waals surface area contributed by atoms with Crippen LogP contribution in [-0.4, -0.2) is 69.2 Å². The van der Waals surface area contributed by atoms with Crippen LogP contribution in [0.4, 0.5) is 0 Å². The topological polar surface area (TPSA) is 160 Å². The van der Waals surface area contributed by atoms with Crippen molar-refractivity contribution in [2.45, 2.75) is 25.7 Å². The SMILES string of the molecule is COC(=O)/C=C/C(=O)NCCCC(=O)NCC(=O)NCCCC(=O)NCC=O. The third kappa shape index (κ3) is 15.0. The molecule has 0 aromatic heterocycles. The summed E-state index contributed by atoms with van der Waals surface area (Å²) in [6.45, 7) is 0.278. The second-order valence-corrected chi connectivity index (χ2v) is 5.45. The monoisotopic (exact) mass is 398 g/mol. The fraction of sp³-hybridized carbons (Fsp3) is 0.529. The second-order valence-electron chi connectivity index (χ2n) is 5.45. The fourth-order valence-electron chi connectivity index (χ4n) is 1.78. The molecule has 4 amide bonds. The van der Waals surface area contributed by atoms with Crippen LogP contribution in [0.2, 0.25) is 0 Å². The minimum Gasteiger partial charge on any atom is -0.466 e. The van der Waals surface area contributed by atoms with Gasteiger partial charge >= 0.3 is 5.97 Å². The van der Waals surface area contributed by atoms with Gasteiger partial charge in [0, 0.05) is 38.1 Å². The lowest BCUT2D eigenvalue weighted by atomic mass is 10.3. The van der Waals surface area contributed by atoms with Crippen molar-refractivity contribution >= 4 is 35.9 Å². The van der Waals surface area contributed by atoms with E-state index in [9.17, 15) is 28.8 Å². The Morgan fingerprint density at radius 3 is 2.00 bits per heavy atom. The van der Waals surface area contributed by atoms with Gasteiger partial charge in [-0.1, -0.05) is 0 Å². The summed E-state index contributed by atoms with van der Waals surface area (Å²) in [5, 5.41) is 9.87. The first kappa shape index (κ1) is 24.8. The molecule has 0 rings (SSSR count). The maximum Gasteiger partial charge on any atom is 0.330 e. The highest BCUT2D eigenvalue weighted by Gasteiger charge is 2.06. The van der Waals surface area contributed by atoms with E-state index in [2.05, 4.69) is 26.0 Å². The van der Waals surface area contributed by atoms with Crippen molar-refractivity contribution < 1.29 is 33.5 Å². The number of esters is 1. The van der Waals surface area contributed by atoms with Gasteiger partial charge in [-0.25, -0.2) is 4.79 Å². The van der Waals surface area contributed by atoms with Crippen LogP contribution in [0.1, 0.15) is 25.7 Å². The molecule has 0 saturated heterocycles. The lowest BCUT2D eigenvalue weighted by molar-refractivity contribution is -0.135. The average Bonchev–Trinajstić information content (AvgIpc) is 2.69. The summed E-state index contributed by atoms with van der Waals surface area (Å²) in [6, 6.07) is 0. The Hall–Kier alpha value is -3.24. The smallest absolute Gasteiger partial charge is 0.330 e. The van der Waals surface area contributed by atoms with E-state index in [0.717, 1.165) is 12.2 Å². The molecule has 0 heterocycles. The van der Waals surface area contributed by atoms with Crippen molar-refractivity contribution in [2.75, 3.05) is 33.3 Å². The van der Waals surface area contributed by atoms with Gasteiger partial charge in [0.05, 0.1) is 20.2 Å². The molecule has 28 heavy (non-hydrogen) atoms. The molecule has 156 valence electrons. The Bertz CT molecular complexity index is 590. The number of aldehydes is 1. The van der Waals surface area contributed by atoms with Gasteiger partial charge < -0.3 is 30.8 Å². The van der Waals surface area contributed by atoms with Crippen LogP contribution in [0.15, 0.2) is 12.2 Å². The first-order chi connectivity index (χ1) is 13.4. The van der Waals surface area contributed by atoms with Crippen molar-refractivity contribution in [3.8, 4) is 0 Å². The normalized spacial score (nSPS) is 10.0. The zero-order valence-corrected chi connectivity index (χ0v) is 15.7. The average molecular weight is 398 g/mol. The quantitative estimate of drug-likeness (QED) is 0.113. The predicted octanol–water partition coefficient (Wildman–Crippen LogP) is -2.06. The molecule has 0 atom stereocenters. The van der Waals surface area contributed by atoms with Crippen molar-refractivity contribution in [1.29, 1.82) is 0 Å². The van der Waals surface area contributed by atoms with E-state index in [-0.39, 0.29) is 56.7 Å². The van der Waals surface area contributed by atoms with Gasteiger partial charge in [-0.05, 0) is 12.8 Å². The Labute approximate surface area is 162 Å². The standard InChI is InChI=1S/C17H26N4O7/c1-28-17(27)7-6-15(25)18-8-3-5-14(24)21-12-16(26)19-9-2-4-13(23)20-10-11-22/h6-7,11H,2-5,8-10,12H2,1H3,(H,18,25)(H,19,26)(H,20,23)(H,21,24)/b7-6+. The zero-order valence-electron chi connectivity index (χ0n) is 15.7. The summed E-state index contributed by atoms with van der Waals surface area (Å²) in [6.07, 6.45) is 3.67. The number of ether oxygens (including phenoxy) is 1. The summed E-state index contributed by atoms with van der Waals surface area (Å²) >= 11 is 0. The summed E-state index contributed by atoms with van der Waals surface area (Å²) in [7, 11) is 1.19. The van der Waals surface area contributed by atoms with Crippen LogP contribution >= 0.6 is 0 Å². The highest BCUT2D eigenvalue weighted by Crippen LogP contribution is 1.89. The number of hydrogen-bond donors (Lipinski definition) is 4. The van der Waals surface area contributed by atoms with E-state index in [4.69, 9.17) is 0 Å². The maximum absolute atomic E-state index is 11.6. The first-order valence-corrected chi connectivity index (χ1v) is 8.66. The van der Waals surface area contributed by atoms with Crippen LogP contribution in [0.5, 0.6) is 0 Å². The van der Waals surface area contributed by atoms with Crippen molar-refractivity contribution in [3.05, 3.63) is 12.2 Å². The third-order valence-electron chi connectivity index (χ3n) is 3.18. The van der Waals surface area contributed by atoms with Crippen LogP contribution < -0.4 is 21.3 Å². The fourth-order valence-corrected chi connectivity index (χ4v) is 1.78. The van der Waals surface area contributed by atoms with Gasteiger partial charge in [-0.15, -0.1) is 0 Å². The zero-order chi connectivity index (χ0) is 21.2. The van der Waals surface area contributed by atoms with Gasteiger partial charge in [0.2, 0.25) is 23.6 Å². The van der Waals surface area contributed by atoms with Gasteiger partial charge in [0.25, 0.3) is 0 Å². The van der Waals surface area contributed by atoms with E-state index in [0.29, 0.717) is 19.1 Å². The lowest BCUT2D eigenvalue weighted by Gasteiger charge is -2.07. The molecular formula is C17H26N4O7. The Morgan fingerprint density at radius 2 is 1.39 bits per heavy atom. The largest absolute Gasteiger partial charge is 0.466 e. The minimum atomic E-state index is -0.644. The summed E-state index contributed by atoms with van der Waals surface area (Å²) in [5.41, 5.74) is 0. The van der Waals surface area contributed by atoms with E-state index in [1.54, 1.807) is 0 Å². The van der Waals surface area contributed by atoms with Crippen LogP contribution in [-0.2, 0) is 33.5 Å². The molecule has 0 aliphatic rings. The van der Waals surface area contributed by atoms with Crippen molar-refractivity contribution in [3.63, 3.8) is 0 Å².